The van der Waals surface area contributed by atoms with E-state index >= 15 is 0 Å². The number of ether oxygens (including phenoxy) is 1. The van der Waals surface area contributed by atoms with Gasteiger partial charge in [-0.25, -0.2) is 4.39 Å². The van der Waals surface area contributed by atoms with Crippen LogP contribution in [0.25, 0.3) is 0 Å². The number of benzene rings is 1. The highest BCUT2D eigenvalue weighted by Gasteiger charge is 2.04. The average molecular weight is 196 g/mol. The predicted molar refractivity (Wildman–Crippen MR) is 55.7 cm³/mol. The summed E-state index contributed by atoms with van der Waals surface area (Å²) < 4.78 is 18.2. The Balaban J connectivity index is 2.43. The summed E-state index contributed by atoms with van der Waals surface area (Å²) in [6.07, 6.45) is 2.27. The summed E-state index contributed by atoms with van der Waals surface area (Å²) in [5.41, 5.74) is 1.03. The zero-order chi connectivity index (χ0) is 10.4. The summed E-state index contributed by atoms with van der Waals surface area (Å²) in [5, 5.41) is 0. The number of hydrogen-bond donors (Lipinski definition) is 0. The normalized spacial score (nSPS) is 12.8. The van der Waals surface area contributed by atoms with Crippen molar-refractivity contribution in [2.75, 3.05) is 6.61 Å². The van der Waals surface area contributed by atoms with Crippen molar-refractivity contribution in [2.24, 2.45) is 0 Å². The van der Waals surface area contributed by atoms with Crippen molar-refractivity contribution < 1.29 is 9.13 Å². The first-order valence-electron chi connectivity index (χ1n) is 5.11. The Hall–Kier alpha value is -0.890. The van der Waals surface area contributed by atoms with E-state index in [2.05, 4.69) is 6.92 Å². The highest BCUT2D eigenvalue weighted by Crippen LogP contribution is 2.17. The highest BCUT2D eigenvalue weighted by atomic mass is 19.1. The Morgan fingerprint density at radius 2 is 1.93 bits per heavy atom. The van der Waals surface area contributed by atoms with E-state index in [1.807, 2.05) is 6.92 Å². The molecule has 0 aliphatic heterocycles. The third kappa shape index (κ3) is 3.46. The van der Waals surface area contributed by atoms with Crippen LogP contribution in [0.5, 0.6) is 0 Å². The molecular formula is C12H17FO. The van der Waals surface area contributed by atoms with Gasteiger partial charge in [-0.15, -0.1) is 0 Å². The predicted octanol–water partition coefficient (Wildman–Crippen LogP) is 3.70. The molecule has 1 aromatic rings. The van der Waals surface area contributed by atoms with Crippen molar-refractivity contribution >= 4 is 0 Å². The largest absolute Gasteiger partial charge is 0.374 e. The molecule has 0 fully saturated rings. The number of halogens is 1. The molecule has 2 heteroatoms. The van der Waals surface area contributed by atoms with Gasteiger partial charge in [0, 0.05) is 6.61 Å². The van der Waals surface area contributed by atoms with E-state index in [0.717, 1.165) is 25.0 Å². The molecule has 1 aromatic carbocycles. The van der Waals surface area contributed by atoms with Crippen LogP contribution >= 0.6 is 0 Å². The SMILES string of the molecule is CCCCO[C@@H](C)c1ccc(F)cc1. The summed E-state index contributed by atoms with van der Waals surface area (Å²) in [6, 6.07) is 6.47. The van der Waals surface area contributed by atoms with Crippen LogP contribution in [-0.2, 0) is 4.74 Å². The van der Waals surface area contributed by atoms with Crippen molar-refractivity contribution in [3.05, 3.63) is 35.6 Å². The molecular weight excluding hydrogens is 179 g/mol. The molecule has 14 heavy (non-hydrogen) atoms. The zero-order valence-corrected chi connectivity index (χ0v) is 8.79. The fourth-order valence-electron chi connectivity index (χ4n) is 1.23. The van der Waals surface area contributed by atoms with Crippen LogP contribution in [0, 0.1) is 5.82 Å². The lowest BCUT2D eigenvalue weighted by molar-refractivity contribution is 0.0636. The lowest BCUT2D eigenvalue weighted by Gasteiger charge is -2.12. The first-order chi connectivity index (χ1) is 6.74. The van der Waals surface area contributed by atoms with Gasteiger partial charge in [0.05, 0.1) is 6.10 Å². The number of unbranched alkanes of at least 4 members (excludes halogenated alkanes) is 1. The van der Waals surface area contributed by atoms with Gasteiger partial charge in [0.25, 0.3) is 0 Å². The third-order valence-corrected chi connectivity index (χ3v) is 2.21. The summed E-state index contributed by atoms with van der Waals surface area (Å²) in [5.74, 6) is -0.200. The lowest BCUT2D eigenvalue weighted by Crippen LogP contribution is -2.01. The van der Waals surface area contributed by atoms with E-state index in [0.29, 0.717) is 0 Å². The van der Waals surface area contributed by atoms with E-state index in [-0.39, 0.29) is 11.9 Å². The summed E-state index contributed by atoms with van der Waals surface area (Å²) in [6.45, 7) is 4.89. The van der Waals surface area contributed by atoms with Gasteiger partial charge >= 0.3 is 0 Å². The van der Waals surface area contributed by atoms with Crippen molar-refractivity contribution in [1.29, 1.82) is 0 Å². The van der Waals surface area contributed by atoms with Gasteiger partial charge in [-0.05, 0) is 31.0 Å². The lowest BCUT2D eigenvalue weighted by atomic mass is 10.1. The molecule has 0 unspecified atom stereocenters. The van der Waals surface area contributed by atoms with Crippen LogP contribution in [0.2, 0.25) is 0 Å². The zero-order valence-electron chi connectivity index (χ0n) is 8.79. The minimum Gasteiger partial charge on any atom is -0.374 e. The standard InChI is InChI=1S/C12H17FO/c1-3-4-9-14-10(2)11-5-7-12(13)8-6-11/h5-8,10H,3-4,9H2,1-2H3/t10-/m0/s1. The maximum atomic E-state index is 12.6. The second-order valence-corrected chi connectivity index (χ2v) is 3.42. The fraction of sp³-hybridized carbons (Fsp3) is 0.500. The molecule has 0 aliphatic rings. The second kappa shape index (κ2) is 5.76. The van der Waals surface area contributed by atoms with Crippen LogP contribution in [0.15, 0.2) is 24.3 Å². The maximum absolute atomic E-state index is 12.6. The van der Waals surface area contributed by atoms with Crippen molar-refractivity contribution in [3.8, 4) is 0 Å². The molecule has 0 heterocycles. The summed E-state index contributed by atoms with van der Waals surface area (Å²) >= 11 is 0. The van der Waals surface area contributed by atoms with Gasteiger partial charge in [-0.3, -0.25) is 0 Å². The summed E-state index contributed by atoms with van der Waals surface area (Å²) in [7, 11) is 0. The quantitative estimate of drug-likeness (QED) is 0.652. The fourth-order valence-corrected chi connectivity index (χ4v) is 1.23. The van der Waals surface area contributed by atoms with Crippen LogP contribution in [0.4, 0.5) is 4.39 Å². The Labute approximate surface area is 84.9 Å². The molecule has 0 bridgehead atoms. The molecule has 1 rings (SSSR count). The molecule has 0 N–H and O–H groups in total. The monoisotopic (exact) mass is 196 g/mol. The molecule has 1 nitrogen and oxygen atoms in total. The van der Waals surface area contributed by atoms with Crippen LogP contribution < -0.4 is 0 Å². The molecule has 1 atom stereocenters. The van der Waals surface area contributed by atoms with Crippen LogP contribution in [-0.4, -0.2) is 6.61 Å². The van der Waals surface area contributed by atoms with Gasteiger partial charge in [-0.2, -0.15) is 0 Å². The number of rotatable bonds is 5. The van der Waals surface area contributed by atoms with Gasteiger partial charge < -0.3 is 4.74 Å². The Kier molecular flexibility index (Phi) is 4.60. The molecule has 0 saturated carbocycles. The van der Waals surface area contributed by atoms with Crippen molar-refractivity contribution in [1.82, 2.24) is 0 Å². The smallest absolute Gasteiger partial charge is 0.123 e. The molecule has 0 spiro atoms. The van der Waals surface area contributed by atoms with E-state index in [1.165, 1.54) is 12.1 Å². The van der Waals surface area contributed by atoms with E-state index in [1.54, 1.807) is 12.1 Å². The van der Waals surface area contributed by atoms with Gasteiger partial charge in [0.2, 0.25) is 0 Å². The highest BCUT2D eigenvalue weighted by molar-refractivity contribution is 5.17. The Morgan fingerprint density at radius 3 is 2.50 bits per heavy atom. The molecule has 0 radical (unpaired) electrons. The van der Waals surface area contributed by atoms with E-state index < -0.39 is 0 Å². The van der Waals surface area contributed by atoms with Crippen LogP contribution in [0.3, 0.4) is 0 Å². The second-order valence-electron chi connectivity index (χ2n) is 3.42. The average Bonchev–Trinajstić information content (AvgIpc) is 2.19. The third-order valence-electron chi connectivity index (χ3n) is 2.21. The minimum atomic E-state index is -0.200. The Morgan fingerprint density at radius 1 is 1.29 bits per heavy atom. The number of hydrogen-bond acceptors (Lipinski definition) is 1. The molecule has 78 valence electrons. The first-order valence-corrected chi connectivity index (χ1v) is 5.11. The molecule has 0 saturated heterocycles. The van der Waals surface area contributed by atoms with E-state index in [4.69, 9.17) is 4.74 Å². The van der Waals surface area contributed by atoms with Crippen molar-refractivity contribution in [2.45, 2.75) is 32.8 Å². The van der Waals surface area contributed by atoms with Gasteiger partial charge in [0.1, 0.15) is 5.82 Å². The van der Waals surface area contributed by atoms with Gasteiger partial charge in [-0.1, -0.05) is 25.5 Å². The van der Waals surface area contributed by atoms with Crippen LogP contribution in [0.1, 0.15) is 38.4 Å². The molecule has 0 aromatic heterocycles. The topological polar surface area (TPSA) is 9.23 Å². The maximum Gasteiger partial charge on any atom is 0.123 e. The minimum absolute atomic E-state index is 0.0575. The van der Waals surface area contributed by atoms with Crippen molar-refractivity contribution in [3.63, 3.8) is 0 Å². The molecule has 0 amide bonds. The summed E-state index contributed by atoms with van der Waals surface area (Å²) in [4.78, 5) is 0. The first kappa shape index (κ1) is 11.2. The van der Waals surface area contributed by atoms with Gasteiger partial charge in [0.15, 0.2) is 0 Å². The van der Waals surface area contributed by atoms with E-state index in [9.17, 15) is 4.39 Å². The Bertz CT molecular complexity index is 256. The molecule has 0 aliphatic carbocycles.